The molecule has 1 saturated heterocycles. The summed E-state index contributed by atoms with van der Waals surface area (Å²) in [6.07, 6.45) is 7.30. The third-order valence-electron chi connectivity index (χ3n) is 3.38. The second-order valence-corrected chi connectivity index (χ2v) is 4.53. The molecule has 0 aromatic rings. The minimum absolute atomic E-state index is 0. The maximum atomic E-state index is 11.8. The molecule has 2 fully saturated rings. The molecule has 1 heterocycles. The van der Waals surface area contributed by atoms with Crippen molar-refractivity contribution in [2.75, 3.05) is 13.1 Å². The number of halogens is 1. The molecule has 1 atom stereocenters. The van der Waals surface area contributed by atoms with Gasteiger partial charge in [0.05, 0.1) is 5.92 Å². The Labute approximate surface area is 97.8 Å². The highest BCUT2D eigenvalue weighted by Crippen LogP contribution is 2.18. The number of hydrogen-bond acceptors (Lipinski definition) is 2. The lowest BCUT2D eigenvalue weighted by molar-refractivity contribution is -0.125. The van der Waals surface area contributed by atoms with Gasteiger partial charge in [-0.25, -0.2) is 0 Å². The summed E-state index contributed by atoms with van der Waals surface area (Å²) >= 11 is 0. The number of carbonyl (C=O) groups excluding carboxylic acids is 1. The van der Waals surface area contributed by atoms with Crippen LogP contribution >= 0.6 is 12.4 Å². The Hall–Kier alpha value is -0.280. The summed E-state index contributed by atoms with van der Waals surface area (Å²) < 4.78 is 0. The van der Waals surface area contributed by atoms with Gasteiger partial charge in [0, 0.05) is 12.6 Å². The summed E-state index contributed by atoms with van der Waals surface area (Å²) in [5.74, 6) is 0.513. The van der Waals surface area contributed by atoms with Gasteiger partial charge < -0.3 is 10.6 Å². The van der Waals surface area contributed by atoms with Crippen molar-refractivity contribution in [1.82, 2.24) is 10.6 Å². The minimum atomic E-state index is 0. The van der Waals surface area contributed by atoms with Gasteiger partial charge in [-0.15, -0.1) is 12.4 Å². The zero-order chi connectivity index (χ0) is 9.80. The zero-order valence-corrected chi connectivity index (χ0v) is 9.94. The van der Waals surface area contributed by atoms with Crippen molar-refractivity contribution in [1.29, 1.82) is 0 Å². The second-order valence-electron chi connectivity index (χ2n) is 4.53. The van der Waals surface area contributed by atoms with Crippen LogP contribution in [0.3, 0.4) is 0 Å². The van der Waals surface area contributed by atoms with Gasteiger partial charge in [-0.05, 0) is 25.8 Å². The highest BCUT2D eigenvalue weighted by Gasteiger charge is 2.24. The van der Waals surface area contributed by atoms with Gasteiger partial charge in [0.15, 0.2) is 0 Å². The minimum Gasteiger partial charge on any atom is -0.353 e. The molecule has 2 aliphatic rings. The van der Waals surface area contributed by atoms with Crippen LogP contribution in [-0.2, 0) is 4.79 Å². The van der Waals surface area contributed by atoms with E-state index in [2.05, 4.69) is 10.6 Å². The Morgan fingerprint density at radius 3 is 2.47 bits per heavy atom. The van der Waals surface area contributed by atoms with Crippen LogP contribution in [0.2, 0.25) is 0 Å². The second kappa shape index (κ2) is 6.33. The van der Waals surface area contributed by atoms with Crippen molar-refractivity contribution in [3.05, 3.63) is 0 Å². The summed E-state index contributed by atoms with van der Waals surface area (Å²) in [5, 5.41) is 6.41. The van der Waals surface area contributed by atoms with Crippen LogP contribution in [0, 0.1) is 5.92 Å². The fourth-order valence-electron chi connectivity index (χ4n) is 2.44. The van der Waals surface area contributed by atoms with Crippen molar-refractivity contribution >= 4 is 18.3 Å². The van der Waals surface area contributed by atoms with Gasteiger partial charge in [-0.3, -0.25) is 4.79 Å². The summed E-state index contributed by atoms with van der Waals surface area (Å²) in [6.45, 7) is 1.88. The highest BCUT2D eigenvalue weighted by molar-refractivity contribution is 5.85. The standard InChI is InChI=1S/C11H20N2O.ClH/c14-11(9-6-7-12-8-9)13-10-4-2-1-3-5-10;/h9-10,12H,1-8H2,(H,13,14);1H/t9-;/m0./s1. The topological polar surface area (TPSA) is 41.1 Å². The lowest BCUT2D eigenvalue weighted by Crippen LogP contribution is -2.40. The number of rotatable bonds is 2. The Bertz CT molecular complexity index is 199. The van der Waals surface area contributed by atoms with Gasteiger partial charge in [-0.1, -0.05) is 19.3 Å². The van der Waals surface area contributed by atoms with E-state index in [-0.39, 0.29) is 24.2 Å². The first kappa shape index (κ1) is 12.8. The van der Waals surface area contributed by atoms with E-state index in [0.29, 0.717) is 6.04 Å². The van der Waals surface area contributed by atoms with Crippen molar-refractivity contribution < 1.29 is 4.79 Å². The fourth-order valence-corrected chi connectivity index (χ4v) is 2.44. The van der Waals surface area contributed by atoms with Crippen molar-refractivity contribution in [2.24, 2.45) is 5.92 Å². The molecule has 0 radical (unpaired) electrons. The zero-order valence-electron chi connectivity index (χ0n) is 9.13. The molecular formula is C11H21ClN2O. The summed E-state index contributed by atoms with van der Waals surface area (Å²) in [4.78, 5) is 11.8. The van der Waals surface area contributed by atoms with E-state index in [1.54, 1.807) is 0 Å². The first-order valence-corrected chi connectivity index (χ1v) is 5.87. The summed E-state index contributed by atoms with van der Waals surface area (Å²) in [7, 11) is 0. The molecule has 4 heteroatoms. The first-order valence-electron chi connectivity index (χ1n) is 5.87. The van der Waals surface area contributed by atoms with E-state index >= 15 is 0 Å². The van der Waals surface area contributed by atoms with Gasteiger partial charge >= 0.3 is 0 Å². The average molecular weight is 233 g/mol. The van der Waals surface area contributed by atoms with Crippen molar-refractivity contribution in [3.63, 3.8) is 0 Å². The van der Waals surface area contributed by atoms with E-state index in [1.807, 2.05) is 0 Å². The molecule has 0 aromatic heterocycles. The molecule has 88 valence electrons. The molecule has 2 N–H and O–H groups in total. The monoisotopic (exact) mass is 232 g/mol. The lowest BCUT2D eigenvalue weighted by atomic mass is 9.95. The van der Waals surface area contributed by atoms with E-state index < -0.39 is 0 Å². The Morgan fingerprint density at radius 1 is 1.13 bits per heavy atom. The van der Waals surface area contributed by atoms with E-state index in [9.17, 15) is 4.79 Å². The van der Waals surface area contributed by atoms with Gasteiger partial charge in [0.1, 0.15) is 0 Å². The first-order chi connectivity index (χ1) is 6.86. The number of amides is 1. The molecule has 0 spiro atoms. The van der Waals surface area contributed by atoms with Crippen LogP contribution in [0.4, 0.5) is 0 Å². The quantitative estimate of drug-likeness (QED) is 0.757. The summed E-state index contributed by atoms with van der Waals surface area (Å²) in [5.41, 5.74) is 0. The van der Waals surface area contributed by atoms with Gasteiger partial charge in [-0.2, -0.15) is 0 Å². The molecule has 1 aliphatic carbocycles. The Balaban J connectivity index is 0.00000112. The molecule has 2 rings (SSSR count). The largest absolute Gasteiger partial charge is 0.353 e. The molecule has 0 aromatic carbocycles. The predicted molar refractivity (Wildman–Crippen MR) is 63.2 cm³/mol. The van der Waals surface area contributed by atoms with E-state index in [0.717, 1.165) is 19.5 Å². The number of carbonyl (C=O) groups is 1. The maximum Gasteiger partial charge on any atom is 0.224 e. The normalized spacial score (nSPS) is 27.1. The molecule has 3 nitrogen and oxygen atoms in total. The molecule has 1 aliphatic heterocycles. The van der Waals surface area contributed by atoms with Crippen molar-refractivity contribution in [2.45, 2.75) is 44.6 Å². The third kappa shape index (κ3) is 3.65. The van der Waals surface area contributed by atoms with Crippen LogP contribution < -0.4 is 10.6 Å². The number of nitrogens with one attached hydrogen (secondary N) is 2. The highest BCUT2D eigenvalue weighted by atomic mass is 35.5. The third-order valence-corrected chi connectivity index (χ3v) is 3.38. The predicted octanol–water partition coefficient (Wildman–Crippen LogP) is 1.47. The van der Waals surface area contributed by atoms with Crippen LogP contribution in [0.15, 0.2) is 0 Å². The average Bonchev–Trinajstić information content (AvgIpc) is 2.72. The van der Waals surface area contributed by atoms with Crippen LogP contribution in [-0.4, -0.2) is 25.0 Å². The van der Waals surface area contributed by atoms with Crippen LogP contribution in [0.25, 0.3) is 0 Å². The molecule has 1 amide bonds. The number of hydrogen-bond donors (Lipinski definition) is 2. The van der Waals surface area contributed by atoms with E-state index in [4.69, 9.17) is 0 Å². The maximum absolute atomic E-state index is 11.8. The van der Waals surface area contributed by atoms with Gasteiger partial charge in [0.25, 0.3) is 0 Å². The molecule has 0 unspecified atom stereocenters. The van der Waals surface area contributed by atoms with Gasteiger partial charge in [0.2, 0.25) is 5.91 Å². The summed E-state index contributed by atoms with van der Waals surface area (Å²) in [6, 6.07) is 0.469. The molecule has 0 bridgehead atoms. The van der Waals surface area contributed by atoms with Crippen LogP contribution in [0.5, 0.6) is 0 Å². The Morgan fingerprint density at radius 2 is 1.87 bits per heavy atom. The molecule has 1 saturated carbocycles. The van der Waals surface area contributed by atoms with E-state index in [1.165, 1.54) is 32.1 Å². The van der Waals surface area contributed by atoms with Crippen molar-refractivity contribution in [3.8, 4) is 0 Å². The molecular weight excluding hydrogens is 212 g/mol. The molecule has 15 heavy (non-hydrogen) atoms. The smallest absolute Gasteiger partial charge is 0.224 e. The SMILES string of the molecule is Cl.O=C(NC1CCCCC1)[C@H]1CCNC1. The Kier molecular flexibility index (Phi) is 5.40. The van der Waals surface area contributed by atoms with Crippen LogP contribution in [0.1, 0.15) is 38.5 Å². The fraction of sp³-hybridized carbons (Fsp3) is 0.909. The lowest BCUT2D eigenvalue weighted by Gasteiger charge is -2.24.